The fourth-order valence-corrected chi connectivity index (χ4v) is 1.15. The van der Waals surface area contributed by atoms with E-state index in [1.54, 1.807) is 0 Å². The van der Waals surface area contributed by atoms with Gasteiger partial charge in [0.15, 0.2) is 0 Å². The van der Waals surface area contributed by atoms with Gasteiger partial charge in [0, 0.05) is 11.6 Å². The first-order chi connectivity index (χ1) is 5.65. The second-order valence-electron chi connectivity index (χ2n) is 2.23. The van der Waals surface area contributed by atoms with Crippen LogP contribution < -0.4 is 0 Å². The van der Waals surface area contributed by atoms with Gasteiger partial charge in [-0.1, -0.05) is 23.2 Å². The summed E-state index contributed by atoms with van der Waals surface area (Å²) >= 11 is 11.3. The van der Waals surface area contributed by atoms with Crippen LogP contribution in [0.5, 0.6) is 5.75 Å². The van der Waals surface area contributed by atoms with Gasteiger partial charge in [-0.2, -0.15) is 5.26 Å². The zero-order valence-corrected chi connectivity index (χ0v) is 7.52. The number of aromatic hydroxyl groups is 1. The molecule has 0 aliphatic carbocycles. The topological polar surface area (TPSA) is 44.0 Å². The molecule has 0 spiro atoms. The molecule has 0 bridgehead atoms. The van der Waals surface area contributed by atoms with Crippen LogP contribution in [0.2, 0.25) is 10.0 Å². The maximum absolute atomic E-state index is 9.25. The molecule has 0 heterocycles. The van der Waals surface area contributed by atoms with Crippen LogP contribution in [0.3, 0.4) is 0 Å². The highest BCUT2D eigenvalue weighted by molar-refractivity contribution is 6.42. The lowest BCUT2D eigenvalue weighted by Gasteiger charge is -2.01. The lowest BCUT2D eigenvalue weighted by Crippen LogP contribution is -1.83. The molecule has 0 amide bonds. The van der Waals surface area contributed by atoms with E-state index in [4.69, 9.17) is 28.5 Å². The van der Waals surface area contributed by atoms with Gasteiger partial charge in [-0.15, -0.1) is 0 Å². The van der Waals surface area contributed by atoms with E-state index in [2.05, 4.69) is 0 Å². The number of nitriles is 1. The Hall–Kier alpha value is -0.910. The first kappa shape index (κ1) is 9.18. The molecule has 0 fully saturated rings. The molecular formula is C8H5Cl2NO. The molecule has 12 heavy (non-hydrogen) atoms. The fraction of sp³-hybridized carbons (Fsp3) is 0.125. The van der Waals surface area contributed by atoms with Gasteiger partial charge in [0.1, 0.15) is 5.75 Å². The van der Waals surface area contributed by atoms with Crippen LogP contribution in [0.4, 0.5) is 0 Å². The maximum atomic E-state index is 9.25. The van der Waals surface area contributed by atoms with Crippen molar-refractivity contribution in [1.82, 2.24) is 0 Å². The summed E-state index contributed by atoms with van der Waals surface area (Å²) in [7, 11) is 0. The smallest absolute Gasteiger partial charge is 0.121 e. The van der Waals surface area contributed by atoms with Gasteiger partial charge >= 0.3 is 0 Å². The van der Waals surface area contributed by atoms with Crippen molar-refractivity contribution in [3.63, 3.8) is 0 Å². The number of hydrogen-bond acceptors (Lipinski definition) is 2. The fourth-order valence-electron chi connectivity index (χ4n) is 0.804. The molecule has 2 nitrogen and oxygen atoms in total. The largest absolute Gasteiger partial charge is 0.508 e. The highest BCUT2D eigenvalue weighted by atomic mass is 35.5. The minimum Gasteiger partial charge on any atom is -0.508 e. The van der Waals surface area contributed by atoms with Crippen molar-refractivity contribution in [3.8, 4) is 11.8 Å². The first-order valence-electron chi connectivity index (χ1n) is 3.19. The number of rotatable bonds is 1. The Balaban J connectivity index is 3.16. The van der Waals surface area contributed by atoms with Crippen molar-refractivity contribution in [1.29, 1.82) is 5.26 Å². The van der Waals surface area contributed by atoms with E-state index in [-0.39, 0.29) is 17.2 Å². The van der Waals surface area contributed by atoms with E-state index in [1.165, 1.54) is 12.1 Å². The molecular weight excluding hydrogens is 197 g/mol. The standard InChI is InChI=1S/C8H5Cl2NO/c9-6-3-5(1-2-11)8(12)4-7(6)10/h3-4,12H,1H2. The van der Waals surface area contributed by atoms with Gasteiger partial charge in [-0.25, -0.2) is 0 Å². The van der Waals surface area contributed by atoms with Crippen LogP contribution in [-0.2, 0) is 6.42 Å². The van der Waals surface area contributed by atoms with Gasteiger partial charge in [0.05, 0.1) is 22.5 Å². The van der Waals surface area contributed by atoms with Gasteiger partial charge in [0.2, 0.25) is 0 Å². The number of hydrogen-bond donors (Lipinski definition) is 1. The Morgan fingerprint density at radius 2 is 1.92 bits per heavy atom. The molecule has 0 aromatic heterocycles. The highest BCUT2D eigenvalue weighted by Gasteiger charge is 2.05. The molecule has 0 aliphatic heterocycles. The number of nitrogens with zero attached hydrogens (tertiary/aromatic N) is 1. The summed E-state index contributed by atoms with van der Waals surface area (Å²) in [5, 5.41) is 18.3. The summed E-state index contributed by atoms with van der Waals surface area (Å²) < 4.78 is 0. The van der Waals surface area contributed by atoms with Crippen molar-refractivity contribution < 1.29 is 5.11 Å². The van der Waals surface area contributed by atoms with Crippen molar-refractivity contribution in [2.75, 3.05) is 0 Å². The van der Waals surface area contributed by atoms with Crippen LogP contribution in [-0.4, -0.2) is 5.11 Å². The minimum atomic E-state index is 0.00551. The zero-order valence-electron chi connectivity index (χ0n) is 6.01. The second-order valence-corrected chi connectivity index (χ2v) is 3.04. The summed E-state index contributed by atoms with van der Waals surface area (Å²) in [4.78, 5) is 0. The van der Waals surface area contributed by atoms with E-state index in [1.807, 2.05) is 6.07 Å². The monoisotopic (exact) mass is 201 g/mol. The normalized spacial score (nSPS) is 9.42. The second kappa shape index (κ2) is 3.66. The predicted molar refractivity (Wildman–Crippen MR) is 47.4 cm³/mol. The maximum Gasteiger partial charge on any atom is 0.121 e. The number of phenolic OH excluding ortho intramolecular Hbond substituents is 1. The lowest BCUT2D eigenvalue weighted by atomic mass is 10.1. The third-order valence-corrected chi connectivity index (χ3v) is 2.11. The molecule has 0 unspecified atom stereocenters. The molecule has 1 aromatic carbocycles. The highest BCUT2D eigenvalue weighted by Crippen LogP contribution is 2.29. The summed E-state index contributed by atoms with van der Waals surface area (Å²) in [6.45, 7) is 0. The van der Waals surface area contributed by atoms with Crippen LogP contribution >= 0.6 is 23.2 Å². The summed E-state index contributed by atoms with van der Waals surface area (Å²) in [6.07, 6.45) is 0.128. The molecule has 0 saturated carbocycles. The Morgan fingerprint density at radius 3 is 2.50 bits per heavy atom. The van der Waals surface area contributed by atoms with E-state index in [0.29, 0.717) is 10.6 Å². The minimum absolute atomic E-state index is 0.00551. The third kappa shape index (κ3) is 1.82. The molecule has 1 aromatic rings. The van der Waals surface area contributed by atoms with Crippen molar-refractivity contribution in [2.45, 2.75) is 6.42 Å². The van der Waals surface area contributed by atoms with E-state index in [9.17, 15) is 5.11 Å². The van der Waals surface area contributed by atoms with Crippen LogP contribution in [0.1, 0.15) is 5.56 Å². The van der Waals surface area contributed by atoms with E-state index >= 15 is 0 Å². The average molecular weight is 202 g/mol. The Kier molecular flexibility index (Phi) is 2.80. The zero-order chi connectivity index (χ0) is 9.14. The Bertz CT molecular complexity index is 344. The van der Waals surface area contributed by atoms with Crippen molar-refractivity contribution in [2.24, 2.45) is 0 Å². The quantitative estimate of drug-likeness (QED) is 0.760. The van der Waals surface area contributed by atoms with E-state index < -0.39 is 0 Å². The Morgan fingerprint density at radius 1 is 1.33 bits per heavy atom. The average Bonchev–Trinajstić information content (AvgIpc) is 2.01. The van der Waals surface area contributed by atoms with E-state index in [0.717, 1.165) is 0 Å². The molecule has 1 rings (SSSR count). The predicted octanol–water partition coefficient (Wildman–Crippen LogP) is 2.77. The van der Waals surface area contributed by atoms with Crippen molar-refractivity contribution >= 4 is 23.2 Å². The molecule has 4 heteroatoms. The van der Waals surface area contributed by atoms with Crippen LogP contribution in [0.25, 0.3) is 0 Å². The van der Waals surface area contributed by atoms with Gasteiger partial charge in [-0.3, -0.25) is 0 Å². The van der Waals surface area contributed by atoms with Crippen molar-refractivity contribution in [3.05, 3.63) is 27.7 Å². The molecule has 1 N–H and O–H groups in total. The summed E-state index contributed by atoms with van der Waals surface area (Å²) in [5.41, 5.74) is 0.493. The molecule has 0 radical (unpaired) electrons. The first-order valence-corrected chi connectivity index (χ1v) is 3.94. The van der Waals surface area contributed by atoms with Crippen LogP contribution in [0, 0.1) is 11.3 Å². The molecule has 62 valence electrons. The third-order valence-electron chi connectivity index (χ3n) is 1.39. The summed E-state index contributed by atoms with van der Waals surface area (Å²) in [6, 6.07) is 4.73. The SMILES string of the molecule is N#CCc1cc(Cl)c(Cl)cc1O. The number of benzene rings is 1. The number of halogens is 2. The summed E-state index contributed by atoms with van der Waals surface area (Å²) in [5.74, 6) is 0.00551. The lowest BCUT2D eigenvalue weighted by molar-refractivity contribution is 0.470. The number of phenols is 1. The van der Waals surface area contributed by atoms with Gasteiger partial charge in [0.25, 0.3) is 0 Å². The molecule has 0 saturated heterocycles. The van der Waals surface area contributed by atoms with Gasteiger partial charge < -0.3 is 5.11 Å². The molecule has 0 aliphatic rings. The van der Waals surface area contributed by atoms with Crippen LogP contribution in [0.15, 0.2) is 12.1 Å². The molecule has 0 atom stereocenters. The Labute approximate surface area is 80.0 Å². The van der Waals surface area contributed by atoms with Gasteiger partial charge in [-0.05, 0) is 6.07 Å².